The van der Waals surface area contributed by atoms with Crippen LogP contribution >= 0.6 is 0 Å². The summed E-state index contributed by atoms with van der Waals surface area (Å²) in [5.41, 5.74) is 0.678. The molecule has 0 aliphatic carbocycles. The highest BCUT2D eigenvalue weighted by Gasteiger charge is 2.42. The third-order valence-electron chi connectivity index (χ3n) is 5.14. The van der Waals surface area contributed by atoms with Crippen molar-refractivity contribution in [2.45, 2.75) is 25.5 Å². The molecule has 1 saturated heterocycles. The summed E-state index contributed by atoms with van der Waals surface area (Å²) in [5, 5.41) is 27.4. The van der Waals surface area contributed by atoms with Crippen molar-refractivity contribution in [2.75, 3.05) is 19.7 Å². The van der Waals surface area contributed by atoms with Crippen molar-refractivity contribution in [3.63, 3.8) is 0 Å². The highest BCUT2D eigenvalue weighted by Crippen LogP contribution is 2.34. The van der Waals surface area contributed by atoms with Crippen LogP contribution in [0.2, 0.25) is 0 Å². The highest BCUT2D eigenvalue weighted by atomic mass is 19.2. The summed E-state index contributed by atoms with van der Waals surface area (Å²) in [4.78, 5) is 10.4. The fourth-order valence-electron chi connectivity index (χ4n) is 3.67. The fourth-order valence-corrected chi connectivity index (χ4v) is 3.67. The minimum atomic E-state index is -0.890. The van der Waals surface area contributed by atoms with E-state index in [4.69, 9.17) is 9.90 Å². The molecule has 158 valence electrons. The molecule has 29 heavy (non-hydrogen) atoms. The molecule has 0 saturated carbocycles. The van der Waals surface area contributed by atoms with Gasteiger partial charge in [-0.2, -0.15) is 0 Å². The first kappa shape index (κ1) is 22.9. The Kier molecular flexibility index (Phi) is 8.19. The summed E-state index contributed by atoms with van der Waals surface area (Å²) in [5.74, 6) is -2.11. The average Bonchev–Trinajstić information content (AvgIpc) is 2.70. The predicted octanol–water partition coefficient (Wildman–Crippen LogP) is 2.59. The Morgan fingerprint density at radius 2 is 1.69 bits per heavy atom. The zero-order valence-corrected chi connectivity index (χ0v) is 15.8. The molecule has 0 amide bonds. The van der Waals surface area contributed by atoms with Crippen molar-refractivity contribution in [2.24, 2.45) is 5.41 Å². The third kappa shape index (κ3) is 6.03. The minimum Gasteiger partial charge on any atom is -0.483 e. The molecule has 1 heterocycles. The van der Waals surface area contributed by atoms with Crippen molar-refractivity contribution < 1.29 is 33.3 Å². The second-order valence-corrected chi connectivity index (χ2v) is 7.19. The minimum absolute atomic E-state index is 0.222. The lowest BCUT2D eigenvalue weighted by Crippen LogP contribution is -2.54. The van der Waals surface area contributed by atoms with Crippen LogP contribution in [0.25, 0.3) is 0 Å². The molecular formula is C21H24F3NO4. The number of hydrogen-bond acceptors (Lipinski definition) is 4. The van der Waals surface area contributed by atoms with Crippen molar-refractivity contribution in [1.82, 2.24) is 4.90 Å². The molecule has 3 N–H and O–H groups in total. The molecule has 1 aliphatic rings. The van der Waals surface area contributed by atoms with E-state index < -0.39 is 23.2 Å². The maximum absolute atomic E-state index is 13.4. The second-order valence-electron chi connectivity index (χ2n) is 7.19. The number of piperidine rings is 1. The fraction of sp³-hybridized carbons (Fsp3) is 0.381. The van der Waals surface area contributed by atoms with E-state index in [2.05, 4.69) is 0 Å². The number of aliphatic hydroxyl groups is 2. The van der Waals surface area contributed by atoms with Gasteiger partial charge in [-0.05, 0) is 48.2 Å². The van der Waals surface area contributed by atoms with Gasteiger partial charge in [0.25, 0.3) is 6.47 Å². The second kappa shape index (κ2) is 10.4. The van der Waals surface area contributed by atoms with E-state index in [1.807, 2.05) is 4.90 Å². The number of hydrogen-bond donors (Lipinski definition) is 3. The van der Waals surface area contributed by atoms with Gasteiger partial charge in [0.15, 0.2) is 11.6 Å². The van der Waals surface area contributed by atoms with E-state index in [0.717, 1.165) is 11.6 Å². The number of benzene rings is 2. The van der Waals surface area contributed by atoms with Crippen LogP contribution in [-0.2, 0) is 17.8 Å². The highest BCUT2D eigenvalue weighted by molar-refractivity contribution is 5.32. The molecule has 0 aromatic heterocycles. The maximum atomic E-state index is 13.4. The largest absolute Gasteiger partial charge is 0.483 e. The first-order valence-corrected chi connectivity index (χ1v) is 9.11. The number of aliphatic hydroxyl groups excluding tert-OH is 2. The molecule has 0 unspecified atom stereocenters. The summed E-state index contributed by atoms with van der Waals surface area (Å²) in [6.45, 7) is 0.918. The van der Waals surface area contributed by atoms with Crippen LogP contribution in [0.5, 0.6) is 0 Å². The molecular weight excluding hydrogens is 387 g/mol. The Morgan fingerprint density at radius 3 is 2.28 bits per heavy atom. The normalized spacial score (nSPS) is 21.9. The van der Waals surface area contributed by atoms with Crippen LogP contribution in [-0.4, -0.2) is 52.5 Å². The van der Waals surface area contributed by atoms with Gasteiger partial charge in [-0.15, -0.1) is 0 Å². The molecule has 2 aromatic rings. The lowest BCUT2D eigenvalue weighted by molar-refractivity contribution is -0.122. The van der Waals surface area contributed by atoms with Crippen molar-refractivity contribution in [1.29, 1.82) is 0 Å². The van der Waals surface area contributed by atoms with Crippen LogP contribution in [0.15, 0.2) is 42.5 Å². The van der Waals surface area contributed by atoms with Crippen LogP contribution < -0.4 is 0 Å². The predicted molar refractivity (Wildman–Crippen MR) is 101 cm³/mol. The van der Waals surface area contributed by atoms with Crippen LogP contribution in [0.3, 0.4) is 0 Å². The Hall–Kier alpha value is -2.42. The Labute approximate surface area is 167 Å². The van der Waals surface area contributed by atoms with E-state index >= 15 is 0 Å². The van der Waals surface area contributed by atoms with E-state index in [1.165, 1.54) is 24.3 Å². The summed E-state index contributed by atoms with van der Waals surface area (Å²) >= 11 is 0. The first-order chi connectivity index (χ1) is 13.8. The van der Waals surface area contributed by atoms with Crippen LogP contribution in [0.1, 0.15) is 17.5 Å². The molecule has 0 spiro atoms. The standard InChI is InChI=1S/C20H22F3NO2.CH2O2/c21-16-4-1-14(2-5-16)10-20(13-25)12-24(8-7-19(20)26)11-15-3-6-17(22)18(23)9-15;2-1-3/h1-6,9,19,25-26H,7-8,10-13H2;1H,(H,2,3)/t19-,20-;/m0./s1. The van der Waals surface area contributed by atoms with Gasteiger partial charge in [-0.3, -0.25) is 9.69 Å². The van der Waals surface area contributed by atoms with E-state index in [0.29, 0.717) is 38.0 Å². The molecule has 2 atom stereocenters. The molecule has 1 aliphatic heterocycles. The van der Waals surface area contributed by atoms with E-state index in [1.54, 1.807) is 12.1 Å². The van der Waals surface area contributed by atoms with E-state index in [-0.39, 0.29) is 18.9 Å². The molecule has 8 heteroatoms. The molecule has 0 bridgehead atoms. The van der Waals surface area contributed by atoms with E-state index in [9.17, 15) is 23.4 Å². The Morgan fingerprint density at radius 1 is 1.07 bits per heavy atom. The molecule has 0 radical (unpaired) electrons. The monoisotopic (exact) mass is 411 g/mol. The summed E-state index contributed by atoms with van der Waals surface area (Å²) < 4.78 is 39.6. The van der Waals surface area contributed by atoms with Gasteiger partial charge in [0.2, 0.25) is 0 Å². The van der Waals surface area contributed by atoms with Gasteiger partial charge >= 0.3 is 0 Å². The molecule has 5 nitrogen and oxygen atoms in total. The van der Waals surface area contributed by atoms with Crippen molar-refractivity contribution in [3.05, 3.63) is 71.0 Å². The SMILES string of the molecule is O=CO.OC[C@]1(Cc2ccc(F)cc2)CN(Cc2ccc(F)c(F)c2)CC[C@@H]1O. The number of carboxylic acid groups (broad SMARTS) is 1. The molecule has 1 fully saturated rings. The average molecular weight is 411 g/mol. The number of nitrogens with zero attached hydrogens (tertiary/aromatic N) is 1. The number of likely N-dealkylation sites (tertiary alicyclic amines) is 1. The summed E-state index contributed by atoms with van der Waals surface area (Å²) in [7, 11) is 0. The van der Waals surface area contributed by atoms with Crippen LogP contribution in [0.4, 0.5) is 13.2 Å². The molecule has 3 rings (SSSR count). The number of halogens is 3. The Balaban J connectivity index is 0.000000941. The van der Waals surface area contributed by atoms with Gasteiger partial charge in [0.1, 0.15) is 5.82 Å². The zero-order chi connectivity index (χ0) is 21.4. The smallest absolute Gasteiger partial charge is 0.290 e. The zero-order valence-electron chi connectivity index (χ0n) is 15.8. The molecule has 2 aromatic carbocycles. The number of rotatable bonds is 5. The Bertz CT molecular complexity index is 803. The summed E-state index contributed by atoms with van der Waals surface area (Å²) in [6, 6.07) is 9.80. The maximum Gasteiger partial charge on any atom is 0.290 e. The number of carbonyl (C=O) groups is 1. The lowest BCUT2D eigenvalue weighted by Gasteiger charge is -2.45. The third-order valence-corrected chi connectivity index (χ3v) is 5.14. The van der Waals surface area contributed by atoms with Crippen molar-refractivity contribution in [3.8, 4) is 0 Å². The van der Waals surface area contributed by atoms with Gasteiger partial charge < -0.3 is 15.3 Å². The topological polar surface area (TPSA) is 81.0 Å². The lowest BCUT2D eigenvalue weighted by atomic mass is 9.73. The quantitative estimate of drug-likeness (QED) is 0.659. The van der Waals surface area contributed by atoms with Gasteiger partial charge in [-0.1, -0.05) is 18.2 Å². The van der Waals surface area contributed by atoms with Gasteiger partial charge in [0.05, 0.1) is 12.7 Å². The van der Waals surface area contributed by atoms with Gasteiger partial charge in [-0.25, -0.2) is 13.2 Å². The first-order valence-electron chi connectivity index (χ1n) is 9.11. The summed E-state index contributed by atoms with van der Waals surface area (Å²) in [6.07, 6.45) is 0.170. The van der Waals surface area contributed by atoms with Crippen LogP contribution in [0, 0.1) is 22.9 Å². The van der Waals surface area contributed by atoms with Crippen molar-refractivity contribution >= 4 is 6.47 Å². The van der Waals surface area contributed by atoms with Gasteiger partial charge in [0, 0.05) is 25.0 Å².